The highest BCUT2D eigenvalue weighted by atomic mass is 16.2. The molecule has 0 atom stereocenters. The molecule has 1 aromatic heterocycles. The molecule has 1 rings (SSSR count). The van der Waals surface area contributed by atoms with Gasteiger partial charge in [0.15, 0.2) is 0 Å². The lowest BCUT2D eigenvalue weighted by atomic mass is 10.3. The van der Waals surface area contributed by atoms with Gasteiger partial charge in [0.1, 0.15) is 5.69 Å². The lowest BCUT2D eigenvalue weighted by Gasteiger charge is -2.11. The Morgan fingerprint density at radius 2 is 2.11 bits per heavy atom. The van der Waals surface area contributed by atoms with Crippen LogP contribution >= 0.6 is 0 Å². The van der Waals surface area contributed by atoms with Crippen LogP contribution in [0, 0.1) is 0 Å². The lowest BCUT2D eigenvalue weighted by molar-refractivity contribution is -0.119. The van der Waals surface area contributed by atoms with Gasteiger partial charge in [-0.25, -0.2) is 0 Å². The Kier molecular flexibility index (Phi) is 5.78. The van der Waals surface area contributed by atoms with Gasteiger partial charge in [0.2, 0.25) is 5.91 Å². The predicted molar refractivity (Wildman–Crippen MR) is 74.0 cm³/mol. The van der Waals surface area contributed by atoms with E-state index in [1.54, 1.807) is 32.4 Å². The molecule has 104 valence electrons. The zero-order chi connectivity index (χ0) is 14.3. The highest BCUT2D eigenvalue weighted by Gasteiger charge is 2.10. The smallest absolute Gasteiger partial charge is 0.272 e. The minimum absolute atomic E-state index is 0.0702. The number of carbonyl (C=O) groups is 2. The molecule has 0 radical (unpaired) electrons. The minimum Gasteiger partial charge on any atom is -0.376 e. The van der Waals surface area contributed by atoms with Gasteiger partial charge in [0.05, 0.1) is 6.54 Å². The van der Waals surface area contributed by atoms with Crippen molar-refractivity contribution in [3.63, 3.8) is 0 Å². The first-order chi connectivity index (χ1) is 9.04. The average molecular weight is 264 g/mol. The Morgan fingerprint density at radius 3 is 2.74 bits per heavy atom. The van der Waals surface area contributed by atoms with Crippen molar-refractivity contribution in [1.29, 1.82) is 0 Å². The van der Waals surface area contributed by atoms with Gasteiger partial charge in [-0.1, -0.05) is 6.92 Å². The topological polar surface area (TPSA) is 74.3 Å². The molecule has 0 fully saturated rings. The SMILES string of the molecule is CCCNC(=O)CNc1ccnc(C(=O)N(C)C)c1. The minimum atomic E-state index is -0.168. The normalized spacial score (nSPS) is 9.84. The van der Waals surface area contributed by atoms with Crippen molar-refractivity contribution in [2.45, 2.75) is 13.3 Å². The number of pyridine rings is 1. The van der Waals surface area contributed by atoms with Gasteiger partial charge >= 0.3 is 0 Å². The molecule has 6 nitrogen and oxygen atoms in total. The summed E-state index contributed by atoms with van der Waals surface area (Å²) >= 11 is 0. The van der Waals surface area contributed by atoms with Crippen LogP contribution in [0.5, 0.6) is 0 Å². The van der Waals surface area contributed by atoms with E-state index in [4.69, 9.17) is 0 Å². The molecule has 6 heteroatoms. The van der Waals surface area contributed by atoms with E-state index in [0.29, 0.717) is 17.9 Å². The van der Waals surface area contributed by atoms with Crippen molar-refractivity contribution < 1.29 is 9.59 Å². The highest BCUT2D eigenvalue weighted by molar-refractivity contribution is 5.92. The number of amides is 2. The van der Waals surface area contributed by atoms with Gasteiger partial charge in [0.25, 0.3) is 5.91 Å². The summed E-state index contributed by atoms with van der Waals surface area (Å²) in [5.74, 6) is -0.238. The van der Waals surface area contributed by atoms with Crippen LogP contribution < -0.4 is 10.6 Å². The number of rotatable bonds is 6. The second kappa shape index (κ2) is 7.35. The molecule has 2 N–H and O–H groups in total. The van der Waals surface area contributed by atoms with Crippen LogP contribution in [0.3, 0.4) is 0 Å². The summed E-state index contributed by atoms with van der Waals surface area (Å²) < 4.78 is 0. The summed E-state index contributed by atoms with van der Waals surface area (Å²) in [6, 6.07) is 3.36. The van der Waals surface area contributed by atoms with Crippen molar-refractivity contribution in [1.82, 2.24) is 15.2 Å². The number of nitrogens with one attached hydrogen (secondary N) is 2. The molecule has 19 heavy (non-hydrogen) atoms. The van der Waals surface area contributed by atoms with E-state index in [1.165, 1.54) is 4.90 Å². The Labute approximate surface area is 113 Å². The van der Waals surface area contributed by atoms with Gasteiger partial charge in [-0.05, 0) is 18.6 Å². The first kappa shape index (κ1) is 14.9. The maximum atomic E-state index is 11.7. The number of hydrogen-bond acceptors (Lipinski definition) is 4. The maximum Gasteiger partial charge on any atom is 0.272 e. The molecule has 0 spiro atoms. The third-order valence-corrected chi connectivity index (χ3v) is 2.41. The third-order valence-electron chi connectivity index (χ3n) is 2.41. The number of hydrogen-bond donors (Lipinski definition) is 2. The van der Waals surface area contributed by atoms with E-state index in [9.17, 15) is 9.59 Å². The summed E-state index contributed by atoms with van der Waals surface area (Å²) in [4.78, 5) is 28.6. The summed E-state index contributed by atoms with van der Waals surface area (Å²) in [6.45, 7) is 2.84. The van der Waals surface area contributed by atoms with E-state index in [1.807, 2.05) is 6.92 Å². The lowest BCUT2D eigenvalue weighted by Crippen LogP contribution is -2.30. The van der Waals surface area contributed by atoms with E-state index in [0.717, 1.165) is 6.42 Å². The van der Waals surface area contributed by atoms with E-state index >= 15 is 0 Å². The van der Waals surface area contributed by atoms with E-state index in [2.05, 4.69) is 15.6 Å². The number of nitrogens with zero attached hydrogens (tertiary/aromatic N) is 2. The molecular weight excluding hydrogens is 244 g/mol. The van der Waals surface area contributed by atoms with Crippen molar-refractivity contribution in [3.8, 4) is 0 Å². The molecule has 0 aromatic carbocycles. The van der Waals surface area contributed by atoms with Crippen LogP contribution in [-0.4, -0.2) is 48.9 Å². The molecule has 1 heterocycles. The zero-order valence-corrected chi connectivity index (χ0v) is 11.6. The number of anilines is 1. The van der Waals surface area contributed by atoms with Gasteiger partial charge in [-0.15, -0.1) is 0 Å². The summed E-state index contributed by atoms with van der Waals surface area (Å²) in [6.07, 6.45) is 2.45. The molecule has 0 aliphatic carbocycles. The van der Waals surface area contributed by atoms with Gasteiger partial charge in [0, 0.05) is 32.5 Å². The standard InChI is InChI=1S/C13H20N4O2/c1-4-6-15-12(18)9-16-10-5-7-14-11(8-10)13(19)17(2)3/h5,7-8H,4,6,9H2,1-3H3,(H,14,16)(H,15,18). The van der Waals surface area contributed by atoms with E-state index in [-0.39, 0.29) is 18.4 Å². The van der Waals surface area contributed by atoms with Crippen LogP contribution in [0.15, 0.2) is 18.3 Å². The Hall–Kier alpha value is -2.11. The molecule has 1 aromatic rings. The van der Waals surface area contributed by atoms with Crippen LogP contribution in [0.2, 0.25) is 0 Å². The van der Waals surface area contributed by atoms with Gasteiger partial charge in [-0.2, -0.15) is 0 Å². The van der Waals surface area contributed by atoms with Gasteiger partial charge in [-0.3, -0.25) is 14.6 Å². The number of aromatic nitrogens is 1. The van der Waals surface area contributed by atoms with Crippen molar-refractivity contribution in [3.05, 3.63) is 24.0 Å². The van der Waals surface area contributed by atoms with Crippen molar-refractivity contribution in [2.24, 2.45) is 0 Å². The largest absolute Gasteiger partial charge is 0.376 e. The molecule has 2 amide bonds. The molecule has 0 aliphatic heterocycles. The second-order valence-electron chi connectivity index (χ2n) is 4.33. The fourth-order valence-corrected chi connectivity index (χ4v) is 1.40. The molecular formula is C13H20N4O2. The molecule has 0 saturated carbocycles. The first-order valence-corrected chi connectivity index (χ1v) is 6.23. The third kappa shape index (κ3) is 4.95. The molecule has 0 saturated heterocycles. The first-order valence-electron chi connectivity index (χ1n) is 6.23. The van der Waals surface area contributed by atoms with Crippen molar-refractivity contribution in [2.75, 3.05) is 32.5 Å². The fraction of sp³-hybridized carbons (Fsp3) is 0.462. The van der Waals surface area contributed by atoms with Crippen molar-refractivity contribution >= 4 is 17.5 Å². The quantitative estimate of drug-likeness (QED) is 0.794. The highest BCUT2D eigenvalue weighted by Crippen LogP contribution is 2.08. The fourth-order valence-electron chi connectivity index (χ4n) is 1.40. The van der Waals surface area contributed by atoms with Crippen LogP contribution in [0.4, 0.5) is 5.69 Å². The molecule has 0 unspecified atom stereocenters. The average Bonchev–Trinajstić information content (AvgIpc) is 2.42. The monoisotopic (exact) mass is 264 g/mol. The molecule has 0 aliphatic rings. The van der Waals surface area contributed by atoms with Gasteiger partial charge < -0.3 is 15.5 Å². The zero-order valence-electron chi connectivity index (χ0n) is 11.6. The Balaban J connectivity index is 2.58. The van der Waals surface area contributed by atoms with Crippen LogP contribution in [0.1, 0.15) is 23.8 Å². The van der Waals surface area contributed by atoms with E-state index < -0.39 is 0 Å². The van der Waals surface area contributed by atoms with Crippen LogP contribution in [0.25, 0.3) is 0 Å². The summed E-state index contributed by atoms with van der Waals surface area (Å²) in [7, 11) is 3.34. The maximum absolute atomic E-state index is 11.7. The molecule has 0 bridgehead atoms. The van der Waals surface area contributed by atoms with Crippen LogP contribution in [-0.2, 0) is 4.79 Å². The number of carbonyl (C=O) groups excluding carboxylic acids is 2. The Bertz CT molecular complexity index is 446. The summed E-state index contributed by atoms with van der Waals surface area (Å²) in [5.41, 5.74) is 1.05. The Morgan fingerprint density at radius 1 is 1.37 bits per heavy atom. The second-order valence-corrected chi connectivity index (χ2v) is 4.33. The predicted octanol–water partition coefficient (Wildman–Crippen LogP) is 0.721. The summed E-state index contributed by atoms with van der Waals surface area (Å²) in [5, 5.41) is 5.73.